The normalized spacial score (nSPS) is 26.6. The van der Waals surface area contributed by atoms with Crippen molar-refractivity contribution in [3.63, 3.8) is 0 Å². The number of hydrogen-bond acceptors (Lipinski definition) is 3. The van der Waals surface area contributed by atoms with Crippen molar-refractivity contribution in [1.29, 1.82) is 0 Å². The Hall–Kier alpha value is -1.11. The molecule has 1 heterocycles. The molecule has 1 aliphatic rings. The maximum absolute atomic E-state index is 12.5. The van der Waals surface area contributed by atoms with Crippen molar-refractivity contribution >= 4 is 5.97 Å². The predicted octanol–water partition coefficient (Wildman–Crippen LogP) is 1.73. The summed E-state index contributed by atoms with van der Waals surface area (Å²) in [4.78, 5) is 10.7. The van der Waals surface area contributed by atoms with E-state index in [0.29, 0.717) is 0 Å². The molecule has 1 atom stereocenters. The van der Waals surface area contributed by atoms with E-state index in [0.717, 1.165) is 0 Å². The van der Waals surface area contributed by atoms with Gasteiger partial charge in [0.05, 0.1) is 0 Å². The summed E-state index contributed by atoms with van der Waals surface area (Å²) >= 11 is 0. The second-order valence-corrected chi connectivity index (χ2v) is 3.13. The van der Waals surface area contributed by atoms with Crippen LogP contribution >= 0.6 is 0 Å². The van der Waals surface area contributed by atoms with Crippen molar-refractivity contribution < 1.29 is 31.8 Å². The van der Waals surface area contributed by atoms with Gasteiger partial charge in [-0.15, -0.1) is 0 Å². The summed E-state index contributed by atoms with van der Waals surface area (Å²) in [6.07, 6.45) is -6.58. The summed E-state index contributed by atoms with van der Waals surface area (Å²) in [5.74, 6) is -5.23. The fourth-order valence-electron chi connectivity index (χ4n) is 0.874. The van der Waals surface area contributed by atoms with Gasteiger partial charge in [0.2, 0.25) is 0 Å². The third kappa shape index (κ3) is 1.97. The molecule has 0 aliphatic carbocycles. The van der Waals surface area contributed by atoms with Crippen molar-refractivity contribution in [3.8, 4) is 0 Å². The Morgan fingerprint density at radius 1 is 1.47 bits per heavy atom. The topological polar surface area (TPSA) is 35.5 Å². The van der Waals surface area contributed by atoms with Gasteiger partial charge in [0, 0.05) is 5.57 Å². The van der Waals surface area contributed by atoms with E-state index in [9.17, 15) is 22.4 Å². The largest absolute Gasteiger partial charge is 0.459 e. The lowest BCUT2D eigenvalue weighted by Gasteiger charge is -2.42. The summed E-state index contributed by atoms with van der Waals surface area (Å²) in [7, 11) is 0. The van der Waals surface area contributed by atoms with Crippen LogP contribution in [0, 0.1) is 0 Å². The van der Waals surface area contributed by atoms with Gasteiger partial charge in [-0.25, -0.2) is 4.79 Å². The van der Waals surface area contributed by atoms with Gasteiger partial charge in [-0.3, -0.25) is 0 Å². The molecule has 86 valence electrons. The molecular formula is C8H8F4O3. The number of ether oxygens (including phenoxy) is 2. The van der Waals surface area contributed by atoms with Crippen LogP contribution in [-0.4, -0.2) is 30.7 Å². The van der Waals surface area contributed by atoms with Gasteiger partial charge < -0.3 is 9.47 Å². The minimum Gasteiger partial charge on any atom is -0.459 e. The number of carbonyl (C=O) groups excluding carboxylic acids is 1. The zero-order valence-electron chi connectivity index (χ0n) is 7.73. The first-order valence-corrected chi connectivity index (χ1v) is 3.94. The fourth-order valence-corrected chi connectivity index (χ4v) is 0.874. The van der Waals surface area contributed by atoms with Crippen LogP contribution in [0.25, 0.3) is 0 Å². The van der Waals surface area contributed by atoms with Crippen molar-refractivity contribution in [2.45, 2.75) is 25.1 Å². The molecule has 0 N–H and O–H groups in total. The van der Waals surface area contributed by atoms with Crippen LogP contribution in [0.4, 0.5) is 17.6 Å². The van der Waals surface area contributed by atoms with Crippen LogP contribution in [0.15, 0.2) is 12.2 Å². The van der Waals surface area contributed by atoms with Gasteiger partial charge in [-0.05, 0) is 6.92 Å². The molecule has 0 aromatic carbocycles. The van der Waals surface area contributed by atoms with Gasteiger partial charge >= 0.3 is 18.0 Å². The van der Waals surface area contributed by atoms with Gasteiger partial charge in [-0.2, -0.15) is 17.6 Å². The monoisotopic (exact) mass is 228 g/mol. The van der Waals surface area contributed by atoms with E-state index < -0.39 is 30.7 Å². The van der Waals surface area contributed by atoms with Gasteiger partial charge in [0.1, 0.15) is 6.61 Å². The minimum atomic E-state index is -4.48. The van der Waals surface area contributed by atoms with Crippen LogP contribution in [0.1, 0.15) is 6.92 Å². The van der Waals surface area contributed by atoms with Crippen LogP contribution in [0.5, 0.6) is 0 Å². The first kappa shape index (κ1) is 12.0. The highest BCUT2D eigenvalue weighted by Crippen LogP contribution is 2.49. The molecule has 7 heteroatoms. The van der Waals surface area contributed by atoms with Gasteiger partial charge in [-0.1, -0.05) is 6.58 Å². The number of esters is 1. The number of rotatable bonds is 3. The van der Waals surface area contributed by atoms with E-state index in [1.54, 1.807) is 0 Å². The highest BCUT2D eigenvalue weighted by atomic mass is 19.3. The first-order valence-electron chi connectivity index (χ1n) is 3.94. The molecule has 0 aromatic heterocycles. The maximum Gasteiger partial charge on any atom is 0.422 e. The second-order valence-electron chi connectivity index (χ2n) is 3.13. The molecule has 1 aliphatic heterocycles. The third-order valence-electron chi connectivity index (χ3n) is 1.80. The summed E-state index contributed by atoms with van der Waals surface area (Å²) < 4.78 is 57.2. The molecule has 1 rings (SSSR count). The summed E-state index contributed by atoms with van der Waals surface area (Å²) in [5.41, 5.74) is -0.00981. The fraction of sp³-hybridized carbons (Fsp3) is 0.625. The van der Waals surface area contributed by atoms with Crippen molar-refractivity contribution in [2.75, 3.05) is 6.61 Å². The van der Waals surface area contributed by atoms with E-state index in [-0.39, 0.29) is 5.57 Å². The Bertz CT molecular complexity index is 300. The second kappa shape index (κ2) is 3.48. The molecule has 0 amide bonds. The molecule has 1 unspecified atom stereocenters. The van der Waals surface area contributed by atoms with Gasteiger partial charge in [0.15, 0.2) is 6.10 Å². The smallest absolute Gasteiger partial charge is 0.422 e. The van der Waals surface area contributed by atoms with Crippen LogP contribution in [0.3, 0.4) is 0 Å². The highest BCUT2D eigenvalue weighted by Gasteiger charge is 2.74. The average Bonchev–Trinajstić information content (AvgIpc) is 2.11. The first-order chi connectivity index (χ1) is 6.68. The number of alkyl halides is 4. The SMILES string of the molecule is C=C(C)C(=O)OCC1OC(F)(F)C1(F)F. The summed E-state index contributed by atoms with van der Waals surface area (Å²) in [6.45, 7) is 3.57. The number of halogens is 4. The minimum absolute atomic E-state index is 0.00981. The molecule has 0 bridgehead atoms. The van der Waals surface area contributed by atoms with E-state index >= 15 is 0 Å². The molecule has 15 heavy (non-hydrogen) atoms. The van der Waals surface area contributed by atoms with Crippen LogP contribution in [-0.2, 0) is 14.3 Å². The predicted molar refractivity (Wildman–Crippen MR) is 40.5 cm³/mol. The molecule has 1 fully saturated rings. The Morgan fingerprint density at radius 2 is 2.00 bits per heavy atom. The van der Waals surface area contributed by atoms with Crippen molar-refractivity contribution in [2.24, 2.45) is 0 Å². The number of hydrogen-bond donors (Lipinski definition) is 0. The summed E-state index contributed by atoms with van der Waals surface area (Å²) in [6, 6.07) is 0. The Kier molecular flexibility index (Phi) is 2.77. The Labute approximate surface area is 82.6 Å². The molecule has 1 saturated heterocycles. The molecule has 0 saturated carbocycles. The van der Waals surface area contributed by atoms with Crippen molar-refractivity contribution in [1.82, 2.24) is 0 Å². The summed E-state index contributed by atoms with van der Waals surface area (Å²) in [5, 5.41) is 0. The lowest BCUT2D eigenvalue weighted by Crippen LogP contribution is -2.66. The van der Waals surface area contributed by atoms with Crippen LogP contribution in [0.2, 0.25) is 0 Å². The van der Waals surface area contributed by atoms with Crippen molar-refractivity contribution in [3.05, 3.63) is 12.2 Å². The lowest BCUT2D eigenvalue weighted by atomic mass is 10.1. The Morgan fingerprint density at radius 3 is 2.33 bits per heavy atom. The maximum atomic E-state index is 12.5. The van der Waals surface area contributed by atoms with E-state index in [4.69, 9.17) is 0 Å². The standard InChI is InChI=1S/C8H8F4O3/c1-4(2)6(13)14-3-5-7(9,10)8(11,12)15-5/h5H,1,3H2,2H3. The zero-order valence-corrected chi connectivity index (χ0v) is 7.73. The Balaban J connectivity index is 2.44. The van der Waals surface area contributed by atoms with E-state index in [1.165, 1.54) is 6.92 Å². The number of carbonyl (C=O) groups is 1. The highest BCUT2D eigenvalue weighted by molar-refractivity contribution is 5.86. The zero-order chi connectivity index (χ0) is 11.9. The average molecular weight is 228 g/mol. The van der Waals surface area contributed by atoms with E-state index in [2.05, 4.69) is 16.1 Å². The van der Waals surface area contributed by atoms with Gasteiger partial charge in [0.25, 0.3) is 0 Å². The quantitative estimate of drug-likeness (QED) is 0.419. The molecule has 0 radical (unpaired) electrons. The lowest BCUT2D eigenvalue weighted by molar-refractivity contribution is -0.479. The molecule has 0 aromatic rings. The van der Waals surface area contributed by atoms with Crippen LogP contribution < -0.4 is 0 Å². The molecule has 0 spiro atoms. The molecule has 3 nitrogen and oxygen atoms in total. The van der Waals surface area contributed by atoms with E-state index in [1.807, 2.05) is 0 Å². The molecular weight excluding hydrogens is 220 g/mol. The third-order valence-corrected chi connectivity index (χ3v) is 1.80.